The lowest BCUT2D eigenvalue weighted by molar-refractivity contribution is 0.386. The average Bonchev–Trinajstić information content (AvgIpc) is 3.29. The minimum Gasteiger partial charge on any atom is -0.508 e. The number of H-pyrrole nitrogens is 1. The van der Waals surface area contributed by atoms with Crippen LogP contribution in [0, 0.1) is 0 Å². The Morgan fingerprint density at radius 3 is 2.88 bits per heavy atom. The van der Waals surface area contributed by atoms with Crippen LogP contribution in [0.4, 0.5) is 0 Å². The molecule has 0 aliphatic rings. The number of pyridine rings is 1. The van der Waals surface area contributed by atoms with Crippen molar-refractivity contribution in [2.24, 2.45) is 0 Å². The number of rotatable bonds is 3. The highest BCUT2D eigenvalue weighted by molar-refractivity contribution is 5.84. The Morgan fingerprint density at radius 1 is 1.00 bits per heavy atom. The van der Waals surface area contributed by atoms with Crippen LogP contribution < -0.4 is 0 Å². The molecule has 2 aromatic carbocycles. The second kappa shape index (κ2) is 5.70. The third-order valence-corrected chi connectivity index (χ3v) is 4.39. The van der Waals surface area contributed by atoms with Crippen molar-refractivity contribution < 1.29 is 9.63 Å². The Balaban J connectivity index is 1.48. The first-order valence-electron chi connectivity index (χ1n) is 8.24. The molecular weight excluding hydrogens is 328 g/mol. The fourth-order valence-corrected chi connectivity index (χ4v) is 3.10. The molecule has 0 fully saturated rings. The van der Waals surface area contributed by atoms with E-state index >= 15 is 0 Å². The summed E-state index contributed by atoms with van der Waals surface area (Å²) in [5.74, 6) is 1.19. The molecule has 0 spiro atoms. The number of hydrogen-bond acceptors (Lipinski definition) is 5. The summed E-state index contributed by atoms with van der Waals surface area (Å²) in [5, 5.41) is 15.8. The van der Waals surface area contributed by atoms with Crippen LogP contribution in [-0.4, -0.2) is 25.2 Å². The summed E-state index contributed by atoms with van der Waals surface area (Å²) in [6.45, 7) is 0. The first-order chi connectivity index (χ1) is 12.8. The van der Waals surface area contributed by atoms with Gasteiger partial charge in [-0.15, -0.1) is 0 Å². The Kier molecular flexibility index (Phi) is 3.21. The van der Waals surface area contributed by atoms with E-state index in [4.69, 9.17) is 4.52 Å². The predicted molar refractivity (Wildman–Crippen MR) is 97.8 cm³/mol. The van der Waals surface area contributed by atoms with Crippen molar-refractivity contribution in [3.05, 3.63) is 72.2 Å². The Labute approximate surface area is 148 Å². The fourth-order valence-electron chi connectivity index (χ4n) is 3.10. The van der Waals surface area contributed by atoms with Crippen molar-refractivity contribution in [2.75, 3.05) is 0 Å². The van der Waals surface area contributed by atoms with Crippen LogP contribution in [0.5, 0.6) is 5.75 Å². The van der Waals surface area contributed by atoms with E-state index in [0.717, 1.165) is 27.4 Å². The number of para-hydroxylation sites is 1. The number of phenolic OH excluding ortho intramolecular Hbond substituents is 1. The lowest BCUT2D eigenvalue weighted by atomic mass is 10.1. The summed E-state index contributed by atoms with van der Waals surface area (Å²) in [5.41, 5.74) is 3.50. The van der Waals surface area contributed by atoms with Crippen molar-refractivity contribution >= 4 is 21.8 Å². The van der Waals surface area contributed by atoms with Gasteiger partial charge >= 0.3 is 0 Å². The molecule has 0 aliphatic heterocycles. The molecule has 0 atom stereocenters. The van der Waals surface area contributed by atoms with Gasteiger partial charge in [0.05, 0.1) is 11.9 Å². The van der Waals surface area contributed by atoms with Crippen LogP contribution in [-0.2, 0) is 6.42 Å². The van der Waals surface area contributed by atoms with Crippen LogP contribution in [0.1, 0.15) is 11.5 Å². The quantitative estimate of drug-likeness (QED) is 0.516. The number of aromatic amines is 1. The van der Waals surface area contributed by atoms with Gasteiger partial charge in [-0.25, -0.2) is 4.98 Å². The molecule has 6 heteroatoms. The largest absolute Gasteiger partial charge is 0.508 e. The number of fused-ring (bicyclic) bond motifs is 2. The van der Waals surface area contributed by atoms with Crippen LogP contribution in [0.3, 0.4) is 0 Å². The van der Waals surface area contributed by atoms with Crippen molar-refractivity contribution in [1.29, 1.82) is 0 Å². The highest BCUT2D eigenvalue weighted by atomic mass is 16.5. The third-order valence-electron chi connectivity index (χ3n) is 4.39. The van der Waals surface area contributed by atoms with Crippen molar-refractivity contribution in [3.8, 4) is 17.3 Å². The van der Waals surface area contributed by atoms with E-state index in [1.807, 2.05) is 48.7 Å². The van der Waals surface area contributed by atoms with Gasteiger partial charge in [0.15, 0.2) is 0 Å². The molecule has 26 heavy (non-hydrogen) atoms. The lowest BCUT2D eigenvalue weighted by Crippen LogP contribution is -1.89. The van der Waals surface area contributed by atoms with E-state index in [2.05, 4.69) is 20.1 Å². The Bertz CT molecular complexity index is 1240. The number of nitrogens with one attached hydrogen (secondary N) is 1. The number of nitrogens with zero attached hydrogens (tertiary/aromatic N) is 3. The minimum absolute atomic E-state index is 0.227. The third kappa shape index (κ3) is 2.48. The lowest BCUT2D eigenvalue weighted by Gasteiger charge is -1.98. The molecule has 3 heterocycles. The molecule has 0 aliphatic carbocycles. The van der Waals surface area contributed by atoms with E-state index in [1.165, 1.54) is 0 Å². The topological polar surface area (TPSA) is 87.8 Å². The molecule has 5 rings (SSSR count). The van der Waals surface area contributed by atoms with Gasteiger partial charge in [0, 0.05) is 22.5 Å². The van der Waals surface area contributed by atoms with Crippen LogP contribution in [0.25, 0.3) is 33.3 Å². The van der Waals surface area contributed by atoms with Gasteiger partial charge in [-0.05, 0) is 35.9 Å². The maximum atomic E-state index is 9.70. The first kappa shape index (κ1) is 14.7. The molecule has 3 aromatic heterocycles. The molecule has 0 radical (unpaired) electrons. The van der Waals surface area contributed by atoms with Crippen LogP contribution >= 0.6 is 0 Å². The predicted octanol–water partition coefficient (Wildman–Crippen LogP) is 4.06. The van der Waals surface area contributed by atoms with E-state index in [-0.39, 0.29) is 5.75 Å². The molecule has 126 valence electrons. The van der Waals surface area contributed by atoms with E-state index in [0.29, 0.717) is 23.8 Å². The van der Waals surface area contributed by atoms with E-state index in [1.54, 1.807) is 12.1 Å². The maximum Gasteiger partial charge on any atom is 0.231 e. The molecule has 0 unspecified atom stereocenters. The van der Waals surface area contributed by atoms with Gasteiger partial charge in [0.1, 0.15) is 11.4 Å². The van der Waals surface area contributed by atoms with Gasteiger partial charge in [0.25, 0.3) is 0 Å². The molecule has 6 nitrogen and oxygen atoms in total. The molecule has 0 bridgehead atoms. The number of benzene rings is 2. The molecule has 0 amide bonds. The summed E-state index contributed by atoms with van der Waals surface area (Å²) >= 11 is 0. The van der Waals surface area contributed by atoms with Gasteiger partial charge in [-0.2, -0.15) is 4.98 Å². The highest BCUT2D eigenvalue weighted by Crippen LogP contribution is 2.25. The monoisotopic (exact) mass is 342 g/mol. The number of hydrogen-bond donors (Lipinski definition) is 2. The second-order valence-electron chi connectivity index (χ2n) is 6.12. The molecule has 5 aromatic rings. The van der Waals surface area contributed by atoms with Crippen molar-refractivity contribution in [1.82, 2.24) is 20.1 Å². The summed E-state index contributed by atoms with van der Waals surface area (Å²) in [4.78, 5) is 12.2. The molecule has 2 N–H and O–H groups in total. The van der Waals surface area contributed by atoms with E-state index < -0.39 is 0 Å². The zero-order valence-corrected chi connectivity index (χ0v) is 13.7. The SMILES string of the molecule is Oc1ccc2[nH]cc(Cc3nc(-c4ccc5ccccc5n4)no3)c2c1. The normalized spacial score (nSPS) is 11.4. The average molecular weight is 342 g/mol. The summed E-state index contributed by atoms with van der Waals surface area (Å²) in [6.07, 6.45) is 2.37. The molecule has 0 saturated heterocycles. The first-order valence-corrected chi connectivity index (χ1v) is 8.24. The van der Waals surface area contributed by atoms with Gasteiger partial charge in [-0.3, -0.25) is 0 Å². The zero-order valence-electron chi connectivity index (χ0n) is 13.7. The summed E-state index contributed by atoms with van der Waals surface area (Å²) in [7, 11) is 0. The van der Waals surface area contributed by atoms with Crippen LogP contribution in [0.2, 0.25) is 0 Å². The molecular formula is C20H14N4O2. The summed E-state index contributed by atoms with van der Waals surface area (Å²) < 4.78 is 5.41. The zero-order chi connectivity index (χ0) is 17.5. The highest BCUT2D eigenvalue weighted by Gasteiger charge is 2.13. The number of phenols is 1. The second-order valence-corrected chi connectivity index (χ2v) is 6.12. The summed E-state index contributed by atoms with van der Waals surface area (Å²) in [6, 6.07) is 17.0. The smallest absolute Gasteiger partial charge is 0.231 e. The van der Waals surface area contributed by atoms with Crippen molar-refractivity contribution in [3.63, 3.8) is 0 Å². The Hall–Kier alpha value is -3.67. The number of aromatic nitrogens is 4. The van der Waals surface area contributed by atoms with Gasteiger partial charge in [-0.1, -0.05) is 29.4 Å². The van der Waals surface area contributed by atoms with Gasteiger partial charge < -0.3 is 14.6 Å². The number of aromatic hydroxyl groups is 1. The van der Waals surface area contributed by atoms with Crippen molar-refractivity contribution in [2.45, 2.75) is 6.42 Å². The fraction of sp³-hybridized carbons (Fsp3) is 0.0500. The Morgan fingerprint density at radius 2 is 1.92 bits per heavy atom. The standard InChI is InChI=1S/C20H14N4O2/c25-14-6-8-17-15(10-14)13(11-21-17)9-19-23-20(24-26-19)18-7-5-12-3-1-2-4-16(12)22-18/h1-8,10-11,21,25H,9H2. The van der Waals surface area contributed by atoms with E-state index in [9.17, 15) is 5.11 Å². The minimum atomic E-state index is 0.227. The van der Waals surface area contributed by atoms with Gasteiger partial charge in [0.2, 0.25) is 11.7 Å². The maximum absolute atomic E-state index is 9.70. The van der Waals surface area contributed by atoms with Crippen LogP contribution in [0.15, 0.2) is 65.3 Å². The molecule has 0 saturated carbocycles.